The Bertz CT molecular complexity index is 543. The second-order valence-electron chi connectivity index (χ2n) is 7.79. The largest absolute Gasteiger partial charge is 0.496 e. The highest BCUT2D eigenvalue weighted by molar-refractivity contribution is 6.62. The zero-order valence-corrected chi connectivity index (χ0v) is 15.4. The number of pyridine rings is 1. The van der Waals surface area contributed by atoms with Gasteiger partial charge in [0.2, 0.25) is 0 Å². The second kappa shape index (κ2) is 7.02. The predicted molar refractivity (Wildman–Crippen MR) is 95.7 cm³/mol. The van der Waals surface area contributed by atoms with Gasteiger partial charge in [-0.3, -0.25) is 4.98 Å². The van der Waals surface area contributed by atoms with Gasteiger partial charge in [0.15, 0.2) is 0 Å². The van der Waals surface area contributed by atoms with Crippen LogP contribution in [0.2, 0.25) is 0 Å². The molecule has 0 radical (unpaired) electrons. The molecule has 0 amide bonds. The first-order chi connectivity index (χ1) is 11.4. The summed E-state index contributed by atoms with van der Waals surface area (Å²) in [4.78, 5) is 6.79. The summed E-state index contributed by atoms with van der Waals surface area (Å²) in [5.41, 5.74) is 0.222. The molecule has 1 aromatic heterocycles. The molecule has 5 nitrogen and oxygen atoms in total. The van der Waals surface area contributed by atoms with Gasteiger partial charge in [-0.1, -0.05) is 0 Å². The van der Waals surface area contributed by atoms with Crippen molar-refractivity contribution in [2.24, 2.45) is 0 Å². The van der Waals surface area contributed by atoms with Crippen LogP contribution in [-0.4, -0.2) is 54.4 Å². The minimum Gasteiger partial charge on any atom is -0.492 e. The lowest BCUT2D eigenvalue weighted by molar-refractivity contribution is 0.00578. The number of aromatic nitrogens is 1. The lowest BCUT2D eigenvalue weighted by Gasteiger charge is -2.32. The van der Waals surface area contributed by atoms with Crippen LogP contribution in [0.4, 0.5) is 0 Å². The Kier molecular flexibility index (Phi) is 5.18. The topological polar surface area (TPSA) is 43.8 Å². The Hall–Kier alpha value is -1.11. The molecule has 0 saturated carbocycles. The average molecular weight is 332 g/mol. The van der Waals surface area contributed by atoms with Crippen LogP contribution in [0.1, 0.15) is 47.0 Å². The van der Waals surface area contributed by atoms with Gasteiger partial charge >= 0.3 is 7.12 Å². The highest BCUT2D eigenvalue weighted by Gasteiger charge is 2.51. The van der Waals surface area contributed by atoms with Crippen LogP contribution in [0.15, 0.2) is 18.5 Å². The summed E-state index contributed by atoms with van der Waals surface area (Å²) in [5, 5.41) is 0. The van der Waals surface area contributed by atoms with Crippen LogP contribution >= 0.6 is 0 Å². The summed E-state index contributed by atoms with van der Waals surface area (Å²) in [6.07, 6.45) is 7.26. The van der Waals surface area contributed by atoms with Crippen molar-refractivity contribution in [3.05, 3.63) is 18.5 Å². The van der Waals surface area contributed by atoms with Gasteiger partial charge in [0, 0.05) is 18.2 Å². The van der Waals surface area contributed by atoms with E-state index in [9.17, 15) is 0 Å². The summed E-state index contributed by atoms with van der Waals surface area (Å²) in [6.45, 7) is 12.5. The van der Waals surface area contributed by atoms with Crippen molar-refractivity contribution in [3.63, 3.8) is 0 Å². The minimum atomic E-state index is -0.393. The van der Waals surface area contributed by atoms with Crippen LogP contribution in [-0.2, 0) is 9.31 Å². The van der Waals surface area contributed by atoms with Crippen molar-refractivity contribution >= 4 is 12.6 Å². The standard InChI is InChI=1S/C18H29BN2O3/c1-17(2)18(3,4)24-19(23-17)15-12-16(14-20-13-15)22-11-7-10-21-8-5-6-9-21/h12-14H,5-11H2,1-4H3. The maximum absolute atomic E-state index is 6.07. The molecular formula is C18H29BN2O3. The van der Waals surface area contributed by atoms with E-state index in [2.05, 4.69) is 37.6 Å². The van der Waals surface area contributed by atoms with Crippen LogP contribution in [0.3, 0.4) is 0 Å². The van der Waals surface area contributed by atoms with E-state index in [0.717, 1.165) is 24.2 Å². The molecule has 3 rings (SSSR count). The lowest BCUT2D eigenvalue weighted by Crippen LogP contribution is -2.41. The molecule has 0 unspecified atom stereocenters. The zero-order chi connectivity index (χ0) is 17.2. The van der Waals surface area contributed by atoms with Crippen LogP contribution in [0, 0.1) is 0 Å². The molecule has 2 aliphatic rings. The molecule has 24 heavy (non-hydrogen) atoms. The number of hydrogen-bond acceptors (Lipinski definition) is 5. The molecule has 0 atom stereocenters. The second-order valence-corrected chi connectivity index (χ2v) is 7.79. The van der Waals surface area contributed by atoms with Gasteiger partial charge in [0.25, 0.3) is 0 Å². The Morgan fingerprint density at radius 1 is 1.12 bits per heavy atom. The molecule has 3 heterocycles. The number of nitrogens with zero attached hydrogens (tertiary/aromatic N) is 2. The lowest BCUT2D eigenvalue weighted by atomic mass is 9.80. The van der Waals surface area contributed by atoms with Crippen molar-refractivity contribution in [2.75, 3.05) is 26.2 Å². The molecule has 0 spiro atoms. The van der Waals surface area contributed by atoms with E-state index in [1.165, 1.54) is 25.9 Å². The third-order valence-electron chi connectivity index (χ3n) is 5.35. The van der Waals surface area contributed by atoms with Crippen molar-refractivity contribution in [1.29, 1.82) is 0 Å². The van der Waals surface area contributed by atoms with E-state index in [0.29, 0.717) is 6.61 Å². The summed E-state index contributed by atoms with van der Waals surface area (Å²) in [6, 6.07) is 1.98. The summed E-state index contributed by atoms with van der Waals surface area (Å²) >= 11 is 0. The highest BCUT2D eigenvalue weighted by atomic mass is 16.7. The van der Waals surface area contributed by atoms with E-state index < -0.39 is 7.12 Å². The molecule has 2 aliphatic heterocycles. The normalized spacial score (nSPS) is 22.9. The van der Waals surface area contributed by atoms with E-state index in [-0.39, 0.29) is 11.2 Å². The first-order valence-corrected chi connectivity index (χ1v) is 9.03. The van der Waals surface area contributed by atoms with Gasteiger partial charge in [-0.2, -0.15) is 0 Å². The van der Waals surface area contributed by atoms with Gasteiger partial charge in [-0.25, -0.2) is 0 Å². The number of ether oxygens (including phenoxy) is 1. The molecule has 0 aromatic carbocycles. The average Bonchev–Trinajstić information content (AvgIpc) is 3.11. The fourth-order valence-electron chi connectivity index (χ4n) is 3.11. The molecule has 0 bridgehead atoms. The van der Waals surface area contributed by atoms with Gasteiger partial charge in [-0.05, 0) is 66.1 Å². The molecule has 6 heteroatoms. The highest BCUT2D eigenvalue weighted by Crippen LogP contribution is 2.36. The first kappa shape index (κ1) is 17.7. The predicted octanol–water partition coefficient (Wildman–Crippen LogP) is 2.25. The first-order valence-electron chi connectivity index (χ1n) is 9.03. The van der Waals surface area contributed by atoms with Crippen LogP contribution < -0.4 is 10.2 Å². The number of rotatable bonds is 6. The van der Waals surface area contributed by atoms with Crippen LogP contribution in [0.5, 0.6) is 5.75 Å². The van der Waals surface area contributed by atoms with Gasteiger partial charge in [-0.15, -0.1) is 0 Å². The molecule has 0 aliphatic carbocycles. The number of likely N-dealkylation sites (tertiary alicyclic amines) is 1. The maximum Gasteiger partial charge on any atom is 0.496 e. The molecular weight excluding hydrogens is 303 g/mol. The van der Waals surface area contributed by atoms with E-state index >= 15 is 0 Å². The fraction of sp³-hybridized carbons (Fsp3) is 0.722. The molecule has 1 aromatic rings. The van der Waals surface area contributed by atoms with Gasteiger partial charge < -0.3 is 18.9 Å². The third kappa shape index (κ3) is 3.93. The summed E-state index contributed by atoms with van der Waals surface area (Å²) in [5.74, 6) is 0.781. The van der Waals surface area contributed by atoms with Crippen molar-refractivity contribution in [1.82, 2.24) is 9.88 Å². The third-order valence-corrected chi connectivity index (χ3v) is 5.35. The SMILES string of the molecule is CC1(C)OB(c2cncc(OCCCN3CCCC3)c2)OC1(C)C. The monoisotopic (exact) mass is 332 g/mol. The van der Waals surface area contributed by atoms with Gasteiger partial charge in [0.1, 0.15) is 5.75 Å². The Balaban J connectivity index is 1.53. The molecule has 2 saturated heterocycles. The molecule has 2 fully saturated rings. The Labute approximate surface area is 145 Å². The fourth-order valence-corrected chi connectivity index (χ4v) is 3.11. The summed E-state index contributed by atoms with van der Waals surface area (Å²) in [7, 11) is -0.393. The Morgan fingerprint density at radius 2 is 1.79 bits per heavy atom. The van der Waals surface area contributed by atoms with Crippen LogP contribution in [0.25, 0.3) is 0 Å². The Morgan fingerprint density at radius 3 is 2.46 bits per heavy atom. The van der Waals surface area contributed by atoms with Crippen molar-refractivity contribution in [2.45, 2.75) is 58.2 Å². The van der Waals surface area contributed by atoms with Crippen molar-refractivity contribution in [3.8, 4) is 5.75 Å². The summed E-state index contributed by atoms with van der Waals surface area (Å²) < 4.78 is 18.0. The zero-order valence-electron chi connectivity index (χ0n) is 15.4. The van der Waals surface area contributed by atoms with E-state index in [1.54, 1.807) is 12.4 Å². The quantitative estimate of drug-likeness (QED) is 0.590. The molecule has 0 N–H and O–H groups in total. The minimum absolute atomic E-state index is 0.343. The van der Waals surface area contributed by atoms with E-state index in [4.69, 9.17) is 14.0 Å². The molecule has 132 valence electrons. The number of hydrogen-bond donors (Lipinski definition) is 0. The van der Waals surface area contributed by atoms with Gasteiger partial charge in [0.05, 0.1) is 24.0 Å². The maximum atomic E-state index is 6.07. The smallest absolute Gasteiger partial charge is 0.492 e. The van der Waals surface area contributed by atoms with E-state index in [1.807, 2.05) is 6.07 Å². The van der Waals surface area contributed by atoms with Crippen molar-refractivity contribution < 1.29 is 14.0 Å².